The molecule has 0 bridgehead atoms. The van der Waals surface area contributed by atoms with Gasteiger partial charge in [-0.1, -0.05) is 25.5 Å². The van der Waals surface area contributed by atoms with Crippen molar-refractivity contribution in [3.8, 4) is 0 Å². The van der Waals surface area contributed by atoms with E-state index in [2.05, 4.69) is 11.9 Å². The lowest BCUT2D eigenvalue weighted by molar-refractivity contribution is -0.130. The minimum atomic E-state index is -0.00953. The molecule has 0 radical (unpaired) electrons. The molecule has 0 saturated heterocycles. The van der Waals surface area contributed by atoms with Crippen LogP contribution in [0.3, 0.4) is 0 Å². The van der Waals surface area contributed by atoms with E-state index in [1.165, 1.54) is 0 Å². The maximum absolute atomic E-state index is 12.2. The lowest BCUT2D eigenvalue weighted by Crippen LogP contribution is -2.31. The van der Waals surface area contributed by atoms with Crippen molar-refractivity contribution in [1.82, 2.24) is 14.5 Å². The summed E-state index contributed by atoms with van der Waals surface area (Å²) in [6, 6.07) is 7.45. The number of benzene rings is 1. The number of fused-ring (bicyclic) bond motifs is 1. The molecule has 106 valence electrons. The number of unbranched alkanes of at least 4 members (excludes halogenated alkanes) is 1. The van der Waals surface area contributed by atoms with Crippen LogP contribution in [-0.2, 0) is 11.3 Å². The summed E-state index contributed by atoms with van der Waals surface area (Å²) in [6.45, 7) is 2.97. The van der Waals surface area contributed by atoms with Gasteiger partial charge >= 0.3 is 0 Å². The first-order valence-electron chi connectivity index (χ1n) is 6.81. The second-order valence-corrected chi connectivity index (χ2v) is 4.83. The van der Waals surface area contributed by atoms with E-state index in [0.717, 1.165) is 30.4 Å². The average Bonchev–Trinajstić information content (AvgIpc) is 2.82. The molecule has 0 fully saturated rings. The number of para-hydroxylation sites is 2. The van der Waals surface area contributed by atoms with Crippen molar-refractivity contribution in [1.29, 1.82) is 0 Å². The Hall–Kier alpha value is -2.17. The van der Waals surface area contributed by atoms with Gasteiger partial charge in [-0.15, -0.1) is 0 Å². The fourth-order valence-electron chi connectivity index (χ4n) is 2.13. The molecule has 5 heteroatoms. The molecule has 5 nitrogen and oxygen atoms in total. The Morgan fingerprint density at radius 3 is 2.85 bits per heavy atom. The van der Waals surface area contributed by atoms with Gasteiger partial charge < -0.3 is 9.47 Å². The smallest absolute Gasteiger partial charge is 0.242 e. The fraction of sp³-hybridized carbons (Fsp3) is 0.400. The lowest BCUT2D eigenvalue weighted by Gasteiger charge is -2.17. The summed E-state index contributed by atoms with van der Waals surface area (Å²) < 4.78 is 1.67. The Bertz CT molecular complexity index is 619. The number of nitrogens with zero attached hydrogens (tertiary/aromatic N) is 3. The van der Waals surface area contributed by atoms with Gasteiger partial charge in [0.1, 0.15) is 6.54 Å². The first-order chi connectivity index (χ1) is 9.67. The van der Waals surface area contributed by atoms with Crippen molar-refractivity contribution in [2.75, 3.05) is 13.6 Å². The second kappa shape index (κ2) is 6.32. The number of hydrogen-bond donors (Lipinski definition) is 0. The highest BCUT2D eigenvalue weighted by molar-refractivity contribution is 5.86. The van der Waals surface area contributed by atoms with Crippen molar-refractivity contribution in [2.24, 2.45) is 0 Å². The predicted octanol–water partition coefficient (Wildman–Crippen LogP) is 2.11. The normalized spacial score (nSPS) is 10.7. The van der Waals surface area contributed by atoms with Gasteiger partial charge in [0.15, 0.2) is 12.1 Å². The van der Waals surface area contributed by atoms with Crippen LogP contribution in [0.2, 0.25) is 0 Å². The summed E-state index contributed by atoms with van der Waals surface area (Å²) in [5.41, 5.74) is 1.55. The Morgan fingerprint density at radius 1 is 1.40 bits per heavy atom. The average molecular weight is 273 g/mol. The summed E-state index contributed by atoms with van der Waals surface area (Å²) in [7, 11) is 1.79. The molecule has 0 spiro atoms. The molecule has 20 heavy (non-hydrogen) atoms. The van der Waals surface area contributed by atoms with Gasteiger partial charge in [-0.25, -0.2) is 4.98 Å². The van der Waals surface area contributed by atoms with Gasteiger partial charge in [-0.05, 0) is 18.6 Å². The molecule has 0 aliphatic heterocycles. The zero-order valence-corrected chi connectivity index (χ0v) is 11.9. The van der Waals surface area contributed by atoms with Gasteiger partial charge in [0.2, 0.25) is 5.91 Å². The summed E-state index contributed by atoms with van der Waals surface area (Å²) in [6.07, 6.45) is 2.72. The molecule has 1 aromatic heterocycles. The molecule has 0 atom stereocenters. The first kappa shape index (κ1) is 14.2. The number of aromatic nitrogens is 2. The molecule has 1 aromatic carbocycles. The van der Waals surface area contributed by atoms with Gasteiger partial charge in [0.05, 0.1) is 11.0 Å². The zero-order chi connectivity index (χ0) is 14.5. The standard InChI is InChI=1S/C15H19N3O2/c1-3-4-9-17(2)15(20)10-18-13-8-6-5-7-12(13)16-14(18)11-19/h5-8,11H,3-4,9-10H2,1-2H3. The quantitative estimate of drug-likeness (QED) is 0.757. The molecule has 0 N–H and O–H groups in total. The largest absolute Gasteiger partial charge is 0.344 e. The van der Waals surface area contributed by atoms with Crippen molar-refractivity contribution in [2.45, 2.75) is 26.3 Å². The van der Waals surface area contributed by atoms with Crippen LogP contribution in [-0.4, -0.2) is 40.2 Å². The number of rotatable bonds is 6. The zero-order valence-electron chi connectivity index (χ0n) is 11.9. The van der Waals surface area contributed by atoms with E-state index in [-0.39, 0.29) is 12.5 Å². The highest BCUT2D eigenvalue weighted by Crippen LogP contribution is 2.15. The Kier molecular flexibility index (Phi) is 4.50. The number of imidazole rings is 1. The topological polar surface area (TPSA) is 55.2 Å². The van der Waals surface area contributed by atoms with E-state index in [1.54, 1.807) is 16.5 Å². The molecule has 1 amide bonds. The van der Waals surface area contributed by atoms with Crippen LogP contribution in [0, 0.1) is 0 Å². The summed E-state index contributed by atoms with van der Waals surface area (Å²) in [5.74, 6) is 0.285. The molecule has 0 aliphatic carbocycles. The highest BCUT2D eigenvalue weighted by Gasteiger charge is 2.15. The third kappa shape index (κ3) is 2.87. The Morgan fingerprint density at radius 2 is 2.15 bits per heavy atom. The maximum Gasteiger partial charge on any atom is 0.242 e. The van der Waals surface area contributed by atoms with Crippen molar-refractivity contribution in [3.05, 3.63) is 30.1 Å². The van der Waals surface area contributed by atoms with Crippen molar-refractivity contribution >= 4 is 23.2 Å². The second-order valence-electron chi connectivity index (χ2n) is 4.83. The van der Waals surface area contributed by atoms with Gasteiger partial charge in [-0.2, -0.15) is 0 Å². The molecule has 0 unspecified atom stereocenters. The molecular formula is C15H19N3O2. The first-order valence-corrected chi connectivity index (χ1v) is 6.81. The van der Waals surface area contributed by atoms with Crippen LogP contribution < -0.4 is 0 Å². The summed E-state index contributed by atoms with van der Waals surface area (Å²) in [5, 5.41) is 0. The molecular weight excluding hydrogens is 254 g/mol. The fourth-order valence-corrected chi connectivity index (χ4v) is 2.13. The highest BCUT2D eigenvalue weighted by atomic mass is 16.2. The van der Waals surface area contributed by atoms with Crippen molar-refractivity contribution < 1.29 is 9.59 Å². The molecule has 0 saturated carbocycles. The summed E-state index contributed by atoms with van der Waals surface area (Å²) in [4.78, 5) is 29.2. The van der Waals surface area contributed by atoms with E-state index in [1.807, 2.05) is 24.3 Å². The predicted molar refractivity (Wildman–Crippen MR) is 77.7 cm³/mol. The van der Waals surface area contributed by atoms with Gasteiger partial charge in [-0.3, -0.25) is 9.59 Å². The number of carbonyl (C=O) groups is 2. The van der Waals surface area contributed by atoms with Crippen LogP contribution in [0.4, 0.5) is 0 Å². The van der Waals surface area contributed by atoms with Crippen LogP contribution >= 0.6 is 0 Å². The van der Waals surface area contributed by atoms with Gasteiger partial charge in [0, 0.05) is 13.6 Å². The molecule has 2 rings (SSSR count). The number of amides is 1. The Labute approximate surface area is 118 Å². The van der Waals surface area contributed by atoms with Crippen LogP contribution in [0.1, 0.15) is 30.4 Å². The molecule has 1 heterocycles. The van der Waals surface area contributed by atoms with E-state index in [4.69, 9.17) is 0 Å². The number of hydrogen-bond acceptors (Lipinski definition) is 3. The van der Waals surface area contributed by atoms with E-state index in [0.29, 0.717) is 12.1 Å². The number of carbonyl (C=O) groups excluding carboxylic acids is 2. The molecule has 2 aromatic rings. The van der Waals surface area contributed by atoms with E-state index in [9.17, 15) is 9.59 Å². The van der Waals surface area contributed by atoms with Crippen molar-refractivity contribution in [3.63, 3.8) is 0 Å². The molecule has 0 aliphatic rings. The minimum Gasteiger partial charge on any atom is -0.344 e. The SMILES string of the molecule is CCCCN(C)C(=O)Cn1c(C=O)nc2ccccc21. The van der Waals surface area contributed by atoms with Crippen LogP contribution in [0.25, 0.3) is 11.0 Å². The lowest BCUT2D eigenvalue weighted by atomic mass is 10.3. The number of aldehydes is 1. The Balaban J connectivity index is 2.24. The van der Waals surface area contributed by atoms with E-state index < -0.39 is 0 Å². The monoisotopic (exact) mass is 273 g/mol. The number of likely N-dealkylation sites (N-methyl/N-ethyl adjacent to an activating group) is 1. The van der Waals surface area contributed by atoms with E-state index >= 15 is 0 Å². The summed E-state index contributed by atoms with van der Waals surface area (Å²) >= 11 is 0. The third-order valence-electron chi connectivity index (χ3n) is 3.36. The van der Waals surface area contributed by atoms with Crippen LogP contribution in [0.5, 0.6) is 0 Å². The van der Waals surface area contributed by atoms with Crippen LogP contribution in [0.15, 0.2) is 24.3 Å². The maximum atomic E-state index is 12.2. The third-order valence-corrected chi connectivity index (χ3v) is 3.36. The van der Waals surface area contributed by atoms with Gasteiger partial charge in [0.25, 0.3) is 0 Å². The minimum absolute atomic E-state index is 0.00953.